The van der Waals surface area contributed by atoms with Crippen LogP contribution in [0.2, 0.25) is 0 Å². The van der Waals surface area contributed by atoms with Gasteiger partial charge in [0.2, 0.25) is 5.88 Å². The lowest BCUT2D eigenvalue weighted by atomic mass is 10.1. The number of hydrogen-bond acceptors (Lipinski definition) is 4. The van der Waals surface area contributed by atoms with Crippen molar-refractivity contribution in [3.05, 3.63) is 65.9 Å². The minimum Gasteiger partial charge on any atom is -0.438 e. The molecule has 5 heteroatoms. The van der Waals surface area contributed by atoms with Gasteiger partial charge in [0, 0.05) is 18.8 Å². The van der Waals surface area contributed by atoms with E-state index in [1.54, 1.807) is 0 Å². The van der Waals surface area contributed by atoms with Crippen LogP contribution in [0.3, 0.4) is 0 Å². The third kappa shape index (κ3) is 3.93. The smallest absolute Gasteiger partial charge is 0.230 e. The zero-order valence-electron chi connectivity index (χ0n) is 16.1. The van der Waals surface area contributed by atoms with Crippen molar-refractivity contribution in [2.45, 2.75) is 32.6 Å². The molecule has 0 bridgehead atoms. The molecule has 2 heterocycles. The van der Waals surface area contributed by atoms with Crippen molar-refractivity contribution in [2.24, 2.45) is 5.16 Å². The van der Waals surface area contributed by atoms with Crippen molar-refractivity contribution in [1.29, 1.82) is 0 Å². The quantitative estimate of drug-likeness (QED) is 0.290. The Labute approximate surface area is 165 Å². The van der Waals surface area contributed by atoms with Crippen LogP contribution in [0.15, 0.2) is 59.8 Å². The number of amidine groups is 1. The standard InChI is InChI=1S/C23H25N3O2/c1-17-10-13-21(22(25-27)26-14-6-2-3-7-15-26)23(24-17)28-20-12-11-18-8-4-5-9-19(18)16-20/h4-5,8-13,16,27H,2-3,6-7,14-15H2,1H3/b25-22-. The van der Waals surface area contributed by atoms with E-state index in [0.29, 0.717) is 23.0 Å². The number of aromatic nitrogens is 1. The molecule has 1 saturated heterocycles. The summed E-state index contributed by atoms with van der Waals surface area (Å²) in [4.78, 5) is 6.73. The first kappa shape index (κ1) is 18.3. The van der Waals surface area contributed by atoms with Crippen LogP contribution in [0.25, 0.3) is 10.8 Å². The second kappa shape index (κ2) is 8.30. The molecule has 0 unspecified atom stereocenters. The summed E-state index contributed by atoms with van der Waals surface area (Å²) < 4.78 is 6.17. The first-order chi connectivity index (χ1) is 13.7. The largest absolute Gasteiger partial charge is 0.438 e. The van der Waals surface area contributed by atoms with Crippen LogP contribution in [0.4, 0.5) is 0 Å². The zero-order valence-corrected chi connectivity index (χ0v) is 16.1. The molecule has 5 nitrogen and oxygen atoms in total. The van der Waals surface area contributed by atoms with Gasteiger partial charge in [0.1, 0.15) is 5.75 Å². The van der Waals surface area contributed by atoms with Crippen molar-refractivity contribution in [3.63, 3.8) is 0 Å². The van der Waals surface area contributed by atoms with E-state index >= 15 is 0 Å². The van der Waals surface area contributed by atoms with Gasteiger partial charge in [-0.1, -0.05) is 48.3 Å². The number of rotatable bonds is 3. The van der Waals surface area contributed by atoms with Crippen molar-refractivity contribution in [1.82, 2.24) is 9.88 Å². The first-order valence-electron chi connectivity index (χ1n) is 9.86. The molecule has 28 heavy (non-hydrogen) atoms. The molecular weight excluding hydrogens is 350 g/mol. The van der Waals surface area contributed by atoms with Crippen molar-refractivity contribution in [2.75, 3.05) is 13.1 Å². The second-order valence-corrected chi connectivity index (χ2v) is 7.24. The summed E-state index contributed by atoms with van der Waals surface area (Å²) in [5.74, 6) is 1.71. The SMILES string of the molecule is Cc1ccc(/C(=N/O)N2CCCCCC2)c(Oc2ccc3ccccc3c2)n1. The molecule has 1 N–H and O–H groups in total. The van der Waals surface area contributed by atoms with E-state index in [-0.39, 0.29) is 0 Å². The third-order valence-corrected chi connectivity index (χ3v) is 5.18. The summed E-state index contributed by atoms with van der Waals surface area (Å²) in [6, 6.07) is 18.0. The molecule has 0 radical (unpaired) electrons. The van der Waals surface area contributed by atoms with Crippen LogP contribution in [-0.4, -0.2) is 34.0 Å². The number of nitrogens with zero attached hydrogens (tertiary/aromatic N) is 3. The van der Waals surface area contributed by atoms with Gasteiger partial charge >= 0.3 is 0 Å². The molecule has 1 aromatic heterocycles. The van der Waals surface area contributed by atoms with E-state index in [4.69, 9.17) is 4.74 Å². The second-order valence-electron chi connectivity index (χ2n) is 7.24. The summed E-state index contributed by atoms with van der Waals surface area (Å²) in [6.45, 7) is 3.68. The minimum atomic E-state index is 0.465. The maximum atomic E-state index is 9.79. The normalized spacial score (nSPS) is 15.5. The van der Waals surface area contributed by atoms with E-state index in [1.807, 2.05) is 49.4 Å². The number of likely N-dealkylation sites (tertiary alicyclic amines) is 1. The Bertz CT molecular complexity index is 992. The van der Waals surface area contributed by atoms with Gasteiger partial charge in [-0.05, 0) is 54.8 Å². The molecule has 144 valence electrons. The van der Waals surface area contributed by atoms with E-state index < -0.39 is 0 Å². The molecule has 3 aromatic rings. The Morgan fingerprint density at radius 1 is 0.964 bits per heavy atom. The third-order valence-electron chi connectivity index (χ3n) is 5.18. The Kier molecular flexibility index (Phi) is 5.42. The maximum absolute atomic E-state index is 9.79. The molecule has 0 atom stereocenters. The minimum absolute atomic E-state index is 0.465. The summed E-state index contributed by atoms with van der Waals surface area (Å²) in [7, 11) is 0. The van der Waals surface area contributed by atoms with Gasteiger partial charge in [-0.15, -0.1) is 0 Å². The summed E-state index contributed by atoms with van der Waals surface area (Å²) in [5.41, 5.74) is 1.57. The Morgan fingerprint density at radius 2 is 1.71 bits per heavy atom. The number of aryl methyl sites for hydroxylation is 1. The lowest BCUT2D eigenvalue weighted by Gasteiger charge is -2.24. The number of pyridine rings is 1. The zero-order chi connectivity index (χ0) is 19.3. The monoisotopic (exact) mass is 375 g/mol. The summed E-state index contributed by atoms with van der Waals surface area (Å²) in [6.07, 6.45) is 4.61. The highest BCUT2D eigenvalue weighted by Crippen LogP contribution is 2.28. The molecular formula is C23H25N3O2. The molecule has 4 rings (SSSR count). The van der Waals surface area contributed by atoms with Gasteiger partial charge < -0.3 is 14.8 Å². The van der Waals surface area contributed by atoms with Crippen LogP contribution >= 0.6 is 0 Å². The molecule has 1 aliphatic heterocycles. The van der Waals surface area contributed by atoms with Gasteiger partial charge in [0.25, 0.3) is 0 Å². The lowest BCUT2D eigenvalue weighted by Crippen LogP contribution is -2.33. The Hall–Kier alpha value is -3.08. The number of ether oxygens (including phenoxy) is 1. The predicted octanol–water partition coefficient (Wildman–Crippen LogP) is 5.35. The molecule has 0 saturated carbocycles. The summed E-state index contributed by atoms with van der Waals surface area (Å²) in [5, 5.41) is 15.7. The molecule has 0 aliphatic carbocycles. The molecule has 2 aromatic carbocycles. The van der Waals surface area contributed by atoms with Crippen molar-refractivity contribution >= 4 is 16.6 Å². The van der Waals surface area contributed by atoms with E-state index in [1.165, 1.54) is 12.8 Å². The van der Waals surface area contributed by atoms with Gasteiger partial charge in [0.15, 0.2) is 5.84 Å². The average molecular weight is 375 g/mol. The molecule has 1 fully saturated rings. The van der Waals surface area contributed by atoms with Gasteiger partial charge in [-0.2, -0.15) is 0 Å². The average Bonchev–Trinajstić information content (AvgIpc) is 2.99. The van der Waals surface area contributed by atoms with Crippen molar-refractivity contribution in [3.8, 4) is 11.6 Å². The highest BCUT2D eigenvalue weighted by Gasteiger charge is 2.21. The molecule has 0 amide bonds. The highest BCUT2D eigenvalue weighted by atomic mass is 16.5. The molecule has 0 spiro atoms. The fraction of sp³-hybridized carbons (Fsp3) is 0.304. The van der Waals surface area contributed by atoms with Crippen LogP contribution in [0.1, 0.15) is 36.9 Å². The number of fused-ring (bicyclic) bond motifs is 1. The fourth-order valence-corrected chi connectivity index (χ4v) is 3.69. The van der Waals surface area contributed by atoms with E-state index in [0.717, 1.165) is 42.4 Å². The van der Waals surface area contributed by atoms with Crippen LogP contribution in [0, 0.1) is 6.92 Å². The number of benzene rings is 2. The summed E-state index contributed by atoms with van der Waals surface area (Å²) >= 11 is 0. The maximum Gasteiger partial charge on any atom is 0.230 e. The van der Waals surface area contributed by atoms with E-state index in [9.17, 15) is 5.21 Å². The van der Waals surface area contributed by atoms with Crippen LogP contribution in [0.5, 0.6) is 11.6 Å². The first-order valence-corrected chi connectivity index (χ1v) is 9.86. The fourth-order valence-electron chi connectivity index (χ4n) is 3.69. The highest BCUT2D eigenvalue weighted by molar-refractivity contribution is 6.00. The van der Waals surface area contributed by atoms with Crippen LogP contribution in [-0.2, 0) is 0 Å². The Morgan fingerprint density at radius 3 is 2.46 bits per heavy atom. The topological polar surface area (TPSA) is 58.0 Å². The Balaban J connectivity index is 1.69. The number of hydrogen-bond donors (Lipinski definition) is 1. The number of oxime groups is 1. The predicted molar refractivity (Wildman–Crippen MR) is 111 cm³/mol. The van der Waals surface area contributed by atoms with Crippen LogP contribution < -0.4 is 4.74 Å². The van der Waals surface area contributed by atoms with Gasteiger partial charge in [0.05, 0.1) is 5.56 Å². The van der Waals surface area contributed by atoms with Gasteiger partial charge in [-0.3, -0.25) is 0 Å². The van der Waals surface area contributed by atoms with Crippen molar-refractivity contribution < 1.29 is 9.94 Å². The van der Waals surface area contributed by atoms with E-state index in [2.05, 4.69) is 27.2 Å². The molecule has 1 aliphatic rings. The van der Waals surface area contributed by atoms with Gasteiger partial charge in [-0.25, -0.2) is 4.98 Å². The lowest BCUT2D eigenvalue weighted by molar-refractivity contribution is 0.301.